The van der Waals surface area contributed by atoms with Gasteiger partial charge in [0.05, 0.1) is 17.5 Å². The molecule has 17 heavy (non-hydrogen) atoms. The van der Waals surface area contributed by atoms with Crippen LogP contribution in [0.25, 0.3) is 0 Å². The van der Waals surface area contributed by atoms with Crippen molar-refractivity contribution in [1.29, 1.82) is 5.26 Å². The second-order valence-electron chi connectivity index (χ2n) is 4.83. The van der Waals surface area contributed by atoms with Crippen molar-refractivity contribution >= 4 is 0 Å². The highest BCUT2D eigenvalue weighted by Gasteiger charge is 2.18. The Bertz CT molecular complexity index is 391. The van der Waals surface area contributed by atoms with Crippen LogP contribution < -0.4 is 10.6 Å². The van der Waals surface area contributed by atoms with Gasteiger partial charge in [-0.05, 0) is 27.8 Å². The summed E-state index contributed by atoms with van der Waals surface area (Å²) in [7, 11) is 1.88. The summed E-state index contributed by atoms with van der Waals surface area (Å²) in [6, 6.07) is 4.27. The number of rotatable bonds is 6. The minimum absolute atomic E-state index is 0.0990. The maximum atomic E-state index is 8.90. The first-order valence-electron chi connectivity index (χ1n) is 5.71. The molecular formula is C12H20N4O. The highest BCUT2D eigenvalue weighted by Crippen LogP contribution is 2.13. The highest BCUT2D eigenvalue weighted by atomic mass is 16.5. The van der Waals surface area contributed by atoms with Gasteiger partial charge in [0.15, 0.2) is 0 Å². The number of aryl methyl sites for hydroxylation is 1. The average molecular weight is 236 g/mol. The summed E-state index contributed by atoms with van der Waals surface area (Å²) < 4.78 is 5.05. The van der Waals surface area contributed by atoms with Gasteiger partial charge in [-0.2, -0.15) is 5.26 Å². The Kier molecular flexibility index (Phi) is 4.67. The molecule has 0 bridgehead atoms. The molecule has 0 aromatic carbocycles. The summed E-state index contributed by atoms with van der Waals surface area (Å²) >= 11 is 0. The van der Waals surface area contributed by atoms with E-state index in [1.807, 2.05) is 33.9 Å². The Labute approximate surface area is 102 Å². The molecule has 2 N–H and O–H groups in total. The fourth-order valence-corrected chi connectivity index (χ4v) is 1.47. The maximum absolute atomic E-state index is 8.90. The molecule has 0 fully saturated rings. The van der Waals surface area contributed by atoms with Crippen LogP contribution in [0.3, 0.4) is 0 Å². The zero-order valence-electron chi connectivity index (χ0n) is 10.9. The molecule has 5 heteroatoms. The molecule has 0 aliphatic rings. The summed E-state index contributed by atoms with van der Waals surface area (Å²) in [5.74, 6) is 0.803. The van der Waals surface area contributed by atoms with Gasteiger partial charge in [-0.25, -0.2) is 0 Å². The van der Waals surface area contributed by atoms with Crippen molar-refractivity contribution < 1.29 is 4.52 Å². The second kappa shape index (κ2) is 5.80. The van der Waals surface area contributed by atoms with Gasteiger partial charge in [0.25, 0.3) is 0 Å². The van der Waals surface area contributed by atoms with Crippen LogP contribution in [-0.4, -0.2) is 25.3 Å². The lowest BCUT2D eigenvalue weighted by Gasteiger charge is -2.19. The van der Waals surface area contributed by atoms with Crippen LogP contribution in [0.15, 0.2) is 10.6 Å². The summed E-state index contributed by atoms with van der Waals surface area (Å²) in [4.78, 5) is 0. The minimum Gasteiger partial charge on any atom is -0.361 e. The van der Waals surface area contributed by atoms with Gasteiger partial charge < -0.3 is 15.2 Å². The monoisotopic (exact) mass is 236 g/mol. The lowest BCUT2D eigenvalue weighted by molar-refractivity contribution is 0.371. The molecule has 94 valence electrons. The number of hydrogen-bond acceptors (Lipinski definition) is 5. The van der Waals surface area contributed by atoms with Gasteiger partial charge in [-0.15, -0.1) is 0 Å². The molecular weight excluding hydrogens is 216 g/mol. The van der Waals surface area contributed by atoms with Crippen LogP contribution in [-0.2, 0) is 0 Å². The van der Waals surface area contributed by atoms with Crippen LogP contribution in [0, 0.1) is 23.7 Å². The van der Waals surface area contributed by atoms with E-state index in [0.717, 1.165) is 11.5 Å². The molecule has 0 radical (unpaired) electrons. The molecule has 0 aliphatic heterocycles. The third-order valence-corrected chi connectivity index (χ3v) is 2.57. The first-order chi connectivity index (χ1) is 7.98. The van der Waals surface area contributed by atoms with Crippen LogP contribution >= 0.6 is 0 Å². The first-order valence-corrected chi connectivity index (χ1v) is 5.71. The van der Waals surface area contributed by atoms with Crippen LogP contribution in [0.2, 0.25) is 0 Å². The highest BCUT2D eigenvalue weighted by molar-refractivity contribution is 5.09. The summed E-state index contributed by atoms with van der Waals surface area (Å²) in [5, 5.41) is 19.3. The number of hydrogen-bond donors (Lipinski definition) is 2. The van der Waals surface area contributed by atoms with Crippen molar-refractivity contribution in [2.45, 2.75) is 26.8 Å². The van der Waals surface area contributed by atoms with E-state index < -0.39 is 0 Å². The van der Waals surface area contributed by atoms with E-state index in [1.54, 1.807) is 0 Å². The van der Waals surface area contributed by atoms with E-state index in [2.05, 4.69) is 21.9 Å². The molecule has 1 unspecified atom stereocenters. The molecule has 0 spiro atoms. The Morgan fingerprint density at radius 1 is 1.59 bits per heavy atom. The number of nitrogens with zero attached hydrogens (tertiary/aromatic N) is 2. The van der Waals surface area contributed by atoms with E-state index in [-0.39, 0.29) is 11.5 Å². The SMILES string of the molecule is CNC(CNCC(C)(C)C#N)c1cc(C)on1. The molecule has 0 amide bonds. The minimum atomic E-state index is -0.349. The topological polar surface area (TPSA) is 73.9 Å². The lowest BCUT2D eigenvalue weighted by atomic mass is 9.96. The summed E-state index contributed by atoms with van der Waals surface area (Å²) in [6.45, 7) is 7.06. The maximum Gasteiger partial charge on any atom is 0.133 e. The van der Waals surface area contributed by atoms with Crippen LogP contribution in [0.5, 0.6) is 0 Å². The fourth-order valence-electron chi connectivity index (χ4n) is 1.47. The third kappa shape index (κ3) is 4.17. The van der Waals surface area contributed by atoms with Gasteiger partial charge in [0.1, 0.15) is 11.5 Å². The smallest absolute Gasteiger partial charge is 0.133 e. The molecule has 0 saturated heterocycles. The number of likely N-dealkylation sites (N-methyl/N-ethyl adjacent to an activating group) is 1. The molecule has 1 rings (SSSR count). The number of nitrogens with one attached hydrogen (secondary N) is 2. The molecule has 0 aliphatic carbocycles. The Morgan fingerprint density at radius 2 is 2.29 bits per heavy atom. The van der Waals surface area contributed by atoms with Gasteiger partial charge >= 0.3 is 0 Å². The number of nitriles is 1. The molecule has 1 atom stereocenters. The zero-order chi connectivity index (χ0) is 12.9. The molecule has 1 heterocycles. The van der Waals surface area contributed by atoms with Crippen molar-refractivity contribution in [3.05, 3.63) is 17.5 Å². The van der Waals surface area contributed by atoms with Gasteiger partial charge in [-0.3, -0.25) is 0 Å². The van der Waals surface area contributed by atoms with Crippen molar-refractivity contribution in [1.82, 2.24) is 15.8 Å². The molecule has 1 aromatic rings. The second-order valence-corrected chi connectivity index (χ2v) is 4.83. The van der Waals surface area contributed by atoms with Gasteiger partial charge in [0, 0.05) is 19.2 Å². The van der Waals surface area contributed by atoms with Crippen LogP contribution in [0.4, 0.5) is 0 Å². The molecule has 1 aromatic heterocycles. The summed E-state index contributed by atoms with van der Waals surface area (Å²) in [5.41, 5.74) is 0.533. The van der Waals surface area contributed by atoms with Crippen molar-refractivity contribution in [2.24, 2.45) is 5.41 Å². The quantitative estimate of drug-likeness (QED) is 0.780. The van der Waals surface area contributed by atoms with E-state index in [9.17, 15) is 0 Å². The van der Waals surface area contributed by atoms with E-state index >= 15 is 0 Å². The van der Waals surface area contributed by atoms with Gasteiger partial charge in [-0.1, -0.05) is 5.16 Å². The standard InChI is InChI=1S/C12H20N4O/c1-9-5-10(16-17-9)11(14-4)6-15-8-12(2,3)7-13/h5,11,14-15H,6,8H2,1-4H3. The Balaban J connectivity index is 2.47. The predicted octanol–water partition coefficient (Wildman–Crippen LogP) is 1.38. The molecule has 5 nitrogen and oxygen atoms in total. The summed E-state index contributed by atoms with van der Waals surface area (Å²) in [6.07, 6.45) is 0. The normalized spacial score (nSPS) is 13.4. The zero-order valence-corrected chi connectivity index (χ0v) is 10.9. The lowest BCUT2D eigenvalue weighted by Crippen LogP contribution is -2.35. The fraction of sp³-hybridized carbons (Fsp3) is 0.667. The third-order valence-electron chi connectivity index (χ3n) is 2.57. The molecule has 0 saturated carbocycles. The van der Waals surface area contributed by atoms with Crippen molar-refractivity contribution in [2.75, 3.05) is 20.1 Å². The Hall–Kier alpha value is -1.38. The van der Waals surface area contributed by atoms with Crippen molar-refractivity contribution in [3.63, 3.8) is 0 Å². The number of aromatic nitrogens is 1. The largest absolute Gasteiger partial charge is 0.361 e. The predicted molar refractivity (Wildman–Crippen MR) is 65.3 cm³/mol. The van der Waals surface area contributed by atoms with Crippen LogP contribution in [0.1, 0.15) is 31.3 Å². The average Bonchev–Trinajstić information content (AvgIpc) is 2.71. The van der Waals surface area contributed by atoms with Crippen molar-refractivity contribution in [3.8, 4) is 6.07 Å². The van der Waals surface area contributed by atoms with E-state index in [0.29, 0.717) is 13.1 Å². The Morgan fingerprint density at radius 3 is 2.76 bits per heavy atom. The van der Waals surface area contributed by atoms with E-state index in [4.69, 9.17) is 9.78 Å². The van der Waals surface area contributed by atoms with E-state index in [1.165, 1.54) is 0 Å². The first kappa shape index (κ1) is 13.7. The van der Waals surface area contributed by atoms with Gasteiger partial charge in [0.2, 0.25) is 0 Å².